The zero-order chi connectivity index (χ0) is 18.4. The van der Waals surface area contributed by atoms with Crippen LogP contribution in [0.5, 0.6) is 0 Å². The highest BCUT2D eigenvalue weighted by Crippen LogP contribution is 2.14. The number of nitrogens with zero attached hydrogens (tertiary/aromatic N) is 1. The molecule has 1 aliphatic heterocycles. The number of rotatable bonds is 8. The van der Waals surface area contributed by atoms with Crippen LogP contribution < -0.4 is 10.0 Å². The Labute approximate surface area is 146 Å². The standard InChI is InChI=1S/C15H23N3O6S/c1-18-10-12(8-13(18)15(20)23-2)25(21,22)17-6-5-14(19)16-9-11-4-3-7-24-11/h8,10-11,17H,3-7,9H2,1-2H3,(H,16,19). The SMILES string of the molecule is COC(=O)c1cc(S(=O)(=O)NCCC(=O)NCC2CCCO2)cn1C. The van der Waals surface area contributed by atoms with Gasteiger partial charge >= 0.3 is 5.97 Å². The Hall–Kier alpha value is -1.91. The quantitative estimate of drug-likeness (QED) is 0.609. The molecule has 25 heavy (non-hydrogen) atoms. The average Bonchev–Trinajstić information content (AvgIpc) is 3.21. The van der Waals surface area contributed by atoms with E-state index < -0.39 is 16.0 Å². The summed E-state index contributed by atoms with van der Waals surface area (Å²) in [4.78, 5) is 23.2. The summed E-state index contributed by atoms with van der Waals surface area (Å²) in [7, 11) is -1.05. The van der Waals surface area contributed by atoms with Gasteiger partial charge in [-0.05, 0) is 18.9 Å². The molecule has 1 saturated heterocycles. The van der Waals surface area contributed by atoms with Crippen LogP contribution in [-0.4, -0.2) is 57.8 Å². The highest BCUT2D eigenvalue weighted by Gasteiger charge is 2.21. The number of sulfonamides is 1. The predicted octanol–water partition coefficient (Wildman–Crippen LogP) is -0.225. The maximum absolute atomic E-state index is 12.2. The molecule has 1 aliphatic rings. The molecule has 1 aromatic heterocycles. The largest absolute Gasteiger partial charge is 0.464 e. The zero-order valence-electron chi connectivity index (χ0n) is 14.3. The monoisotopic (exact) mass is 373 g/mol. The number of carbonyl (C=O) groups excluding carboxylic acids is 2. The van der Waals surface area contributed by atoms with E-state index in [4.69, 9.17) is 4.74 Å². The van der Waals surface area contributed by atoms with Crippen LogP contribution in [-0.2, 0) is 31.3 Å². The third-order valence-electron chi connectivity index (χ3n) is 3.88. The van der Waals surface area contributed by atoms with Gasteiger partial charge in [-0.1, -0.05) is 0 Å². The van der Waals surface area contributed by atoms with E-state index in [1.54, 1.807) is 7.05 Å². The number of hydrogen-bond donors (Lipinski definition) is 2. The number of ether oxygens (including phenoxy) is 2. The average molecular weight is 373 g/mol. The molecule has 1 aromatic rings. The first-order valence-electron chi connectivity index (χ1n) is 7.96. The van der Waals surface area contributed by atoms with Gasteiger partial charge in [0.2, 0.25) is 15.9 Å². The molecule has 1 unspecified atom stereocenters. The van der Waals surface area contributed by atoms with Gasteiger partial charge in [-0.2, -0.15) is 0 Å². The molecule has 0 saturated carbocycles. The number of carbonyl (C=O) groups is 2. The first-order chi connectivity index (χ1) is 11.8. The molecule has 140 valence electrons. The fraction of sp³-hybridized carbons (Fsp3) is 0.600. The molecule has 1 fully saturated rings. The minimum absolute atomic E-state index is 0.0165. The summed E-state index contributed by atoms with van der Waals surface area (Å²) >= 11 is 0. The lowest BCUT2D eigenvalue weighted by Crippen LogP contribution is -2.34. The molecule has 1 amide bonds. The van der Waals surface area contributed by atoms with Crippen LogP contribution in [0, 0.1) is 0 Å². The van der Waals surface area contributed by atoms with Crippen LogP contribution >= 0.6 is 0 Å². The second-order valence-electron chi connectivity index (χ2n) is 5.75. The summed E-state index contributed by atoms with van der Waals surface area (Å²) in [5.74, 6) is -0.876. The predicted molar refractivity (Wildman–Crippen MR) is 88.5 cm³/mol. The lowest BCUT2D eigenvalue weighted by atomic mass is 10.2. The smallest absolute Gasteiger partial charge is 0.354 e. The van der Waals surface area contributed by atoms with Crippen molar-refractivity contribution in [3.63, 3.8) is 0 Å². The van der Waals surface area contributed by atoms with Crippen molar-refractivity contribution >= 4 is 21.9 Å². The summed E-state index contributed by atoms with van der Waals surface area (Å²) in [5, 5.41) is 2.72. The Bertz CT molecular complexity index is 722. The molecule has 1 atom stereocenters. The fourth-order valence-corrected chi connectivity index (χ4v) is 3.59. The number of hydrogen-bond acceptors (Lipinski definition) is 6. The number of methoxy groups -OCH3 is 1. The van der Waals surface area contributed by atoms with E-state index in [0.29, 0.717) is 13.2 Å². The zero-order valence-corrected chi connectivity index (χ0v) is 15.1. The van der Waals surface area contributed by atoms with Gasteiger partial charge in [0.25, 0.3) is 0 Å². The molecule has 0 aromatic carbocycles. The molecule has 0 radical (unpaired) electrons. The second kappa shape index (κ2) is 8.45. The minimum atomic E-state index is -3.81. The molecule has 9 nitrogen and oxygen atoms in total. The summed E-state index contributed by atoms with van der Waals surface area (Å²) in [6, 6.07) is 1.23. The van der Waals surface area contributed by atoms with E-state index in [9.17, 15) is 18.0 Å². The van der Waals surface area contributed by atoms with E-state index in [0.717, 1.165) is 12.8 Å². The van der Waals surface area contributed by atoms with Gasteiger partial charge < -0.3 is 19.4 Å². The van der Waals surface area contributed by atoms with Crippen molar-refractivity contribution in [1.82, 2.24) is 14.6 Å². The van der Waals surface area contributed by atoms with Gasteiger partial charge in [0, 0.05) is 39.4 Å². The van der Waals surface area contributed by atoms with Gasteiger partial charge in [-0.3, -0.25) is 4.79 Å². The Morgan fingerprint density at radius 2 is 2.20 bits per heavy atom. The van der Waals surface area contributed by atoms with Crippen LogP contribution in [0.2, 0.25) is 0 Å². The third-order valence-corrected chi connectivity index (χ3v) is 5.31. The first-order valence-corrected chi connectivity index (χ1v) is 9.44. The third kappa shape index (κ3) is 5.28. The Kier molecular flexibility index (Phi) is 6.57. The summed E-state index contributed by atoms with van der Waals surface area (Å²) in [6.45, 7) is 1.11. The summed E-state index contributed by atoms with van der Waals surface area (Å²) < 4.78 is 38.2. The Morgan fingerprint density at radius 3 is 2.84 bits per heavy atom. The Morgan fingerprint density at radius 1 is 1.44 bits per heavy atom. The normalized spacial score (nSPS) is 17.4. The van der Waals surface area contributed by atoms with Crippen molar-refractivity contribution in [2.24, 2.45) is 7.05 Å². The number of nitrogens with one attached hydrogen (secondary N) is 2. The minimum Gasteiger partial charge on any atom is -0.464 e. The van der Waals surface area contributed by atoms with Crippen molar-refractivity contribution in [3.05, 3.63) is 18.0 Å². The van der Waals surface area contributed by atoms with Crippen molar-refractivity contribution in [1.29, 1.82) is 0 Å². The lowest BCUT2D eigenvalue weighted by Gasteiger charge is -2.11. The topological polar surface area (TPSA) is 116 Å². The van der Waals surface area contributed by atoms with Gasteiger partial charge in [-0.15, -0.1) is 0 Å². The maximum atomic E-state index is 12.2. The first kappa shape index (κ1) is 19.4. The van der Waals surface area contributed by atoms with E-state index in [2.05, 4.69) is 14.8 Å². The van der Waals surface area contributed by atoms with Crippen LogP contribution in [0.15, 0.2) is 17.2 Å². The van der Waals surface area contributed by atoms with E-state index in [1.807, 2.05) is 0 Å². The van der Waals surface area contributed by atoms with Gasteiger partial charge in [0.1, 0.15) is 10.6 Å². The molecular formula is C15H23N3O6S. The van der Waals surface area contributed by atoms with E-state index >= 15 is 0 Å². The van der Waals surface area contributed by atoms with Crippen molar-refractivity contribution in [3.8, 4) is 0 Å². The molecule has 2 heterocycles. The van der Waals surface area contributed by atoms with Crippen LogP contribution in [0.25, 0.3) is 0 Å². The number of aryl methyl sites for hydroxylation is 1. The van der Waals surface area contributed by atoms with Gasteiger partial charge in [0.05, 0.1) is 13.2 Å². The van der Waals surface area contributed by atoms with Crippen LogP contribution in [0.3, 0.4) is 0 Å². The number of amides is 1. The molecule has 2 rings (SSSR count). The fourth-order valence-electron chi connectivity index (χ4n) is 2.49. The van der Waals surface area contributed by atoms with Crippen molar-refractivity contribution < 1.29 is 27.5 Å². The summed E-state index contributed by atoms with van der Waals surface area (Å²) in [6.07, 6.45) is 3.28. The van der Waals surface area contributed by atoms with E-state index in [1.165, 1.54) is 23.9 Å². The number of aromatic nitrogens is 1. The van der Waals surface area contributed by atoms with Crippen LogP contribution in [0.1, 0.15) is 29.8 Å². The molecule has 0 spiro atoms. The van der Waals surface area contributed by atoms with E-state index in [-0.39, 0.29) is 35.6 Å². The van der Waals surface area contributed by atoms with Gasteiger partial charge in [-0.25, -0.2) is 17.9 Å². The van der Waals surface area contributed by atoms with Crippen molar-refractivity contribution in [2.75, 3.05) is 26.8 Å². The molecule has 0 aliphatic carbocycles. The number of esters is 1. The van der Waals surface area contributed by atoms with Crippen LogP contribution in [0.4, 0.5) is 0 Å². The molecular weight excluding hydrogens is 350 g/mol. The summed E-state index contributed by atoms with van der Waals surface area (Å²) in [5.41, 5.74) is 0.122. The van der Waals surface area contributed by atoms with Crippen molar-refractivity contribution in [2.45, 2.75) is 30.3 Å². The highest BCUT2D eigenvalue weighted by molar-refractivity contribution is 7.89. The van der Waals surface area contributed by atoms with Gasteiger partial charge in [0.15, 0.2) is 0 Å². The molecule has 10 heteroatoms. The highest BCUT2D eigenvalue weighted by atomic mass is 32.2. The Balaban J connectivity index is 1.82. The lowest BCUT2D eigenvalue weighted by molar-refractivity contribution is -0.121. The molecule has 2 N–H and O–H groups in total. The maximum Gasteiger partial charge on any atom is 0.354 e. The molecule has 0 bridgehead atoms. The second-order valence-corrected chi connectivity index (χ2v) is 7.52.